The highest BCUT2D eigenvalue weighted by atomic mass is 32.2. The fraction of sp³-hybridized carbons (Fsp3) is 0.350. The zero-order valence-electron chi connectivity index (χ0n) is 17.4. The lowest BCUT2D eigenvalue weighted by Crippen LogP contribution is -2.38. The number of nitrogens with two attached hydrogens (primary N) is 1. The number of rotatable bonds is 5. The lowest BCUT2D eigenvalue weighted by molar-refractivity contribution is 0.0796. The van der Waals surface area contributed by atoms with Gasteiger partial charge in [0, 0.05) is 30.6 Å². The Balaban J connectivity index is 1.51. The van der Waals surface area contributed by atoms with E-state index >= 15 is 0 Å². The second-order valence-corrected chi connectivity index (χ2v) is 10.2. The molecule has 11 heteroatoms. The van der Waals surface area contributed by atoms with Crippen molar-refractivity contribution in [3.05, 3.63) is 40.4 Å². The molecule has 0 spiro atoms. The van der Waals surface area contributed by atoms with E-state index in [0.29, 0.717) is 34.1 Å². The molecule has 3 aromatic rings. The van der Waals surface area contributed by atoms with E-state index in [1.807, 2.05) is 13.8 Å². The number of methoxy groups -OCH3 is 1. The second kappa shape index (κ2) is 8.06. The van der Waals surface area contributed by atoms with E-state index in [2.05, 4.69) is 14.9 Å². The van der Waals surface area contributed by atoms with Gasteiger partial charge in [0.15, 0.2) is 0 Å². The lowest BCUT2D eigenvalue weighted by atomic mass is 10.1. The SMILES string of the molecule is COc1cccc(S(=O)(=O)NC2CCN(C(=O)c3sc4nnc(C)c(C)c4c3N)C2)c1. The van der Waals surface area contributed by atoms with Crippen LogP contribution in [0.15, 0.2) is 29.2 Å². The highest BCUT2D eigenvalue weighted by Gasteiger charge is 2.32. The van der Waals surface area contributed by atoms with Gasteiger partial charge < -0.3 is 15.4 Å². The Morgan fingerprint density at radius 2 is 2.10 bits per heavy atom. The fourth-order valence-electron chi connectivity index (χ4n) is 3.64. The van der Waals surface area contributed by atoms with Gasteiger partial charge in [-0.1, -0.05) is 6.07 Å². The average Bonchev–Trinajstić information content (AvgIpc) is 3.34. The number of carbonyl (C=O) groups excluding carboxylic acids is 1. The van der Waals surface area contributed by atoms with Crippen LogP contribution < -0.4 is 15.2 Å². The fourth-order valence-corrected chi connectivity index (χ4v) is 6.00. The number of carbonyl (C=O) groups is 1. The minimum atomic E-state index is -3.74. The normalized spacial score (nSPS) is 16.7. The first-order valence-electron chi connectivity index (χ1n) is 9.68. The average molecular weight is 462 g/mol. The summed E-state index contributed by atoms with van der Waals surface area (Å²) in [4.78, 5) is 15.9. The number of thiophene rings is 1. The van der Waals surface area contributed by atoms with E-state index < -0.39 is 10.0 Å². The van der Waals surface area contributed by atoms with Gasteiger partial charge in [0.1, 0.15) is 15.5 Å². The minimum Gasteiger partial charge on any atom is -0.497 e. The molecule has 1 fully saturated rings. The summed E-state index contributed by atoms with van der Waals surface area (Å²) in [5.74, 6) is 0.237. The van der Waals surface area contributed by atoms with Crippen LogP contribution in [0.4, 0.5) is 5.69 Å². The van der Waals surface area contributed by atoms with Crippen molar-refractivity contribution in [2.24, 2.45) is 0 Å². The van der Waals surface area contributed by atoms with Gasteiger partial charge in [-0.15, -0.1) is 16.4 Å². The number of likely N-dealkylation sites (tertiary alicyclic amines) is 1. The van der Waals surface area contributed by atoms with Gasteiger partial charge in [-0.3, -0.25) is 4.79 Å². The number of ether oxygens (including phenoxy) is 1. The maximum Gasteiger partial charge on any atom is 0.266 e. The van der Waals surface area contributed by atoms with Gasteiger partial charge in [-0.05, 0) is 38.0 Å². The lowest BCUT2D eigenvalue weighted by Gasteiger charge is -2.17. The van der Waals surface area contributed by atoms with E-state index in [1.54, 1.807) is 17.0 Å². The molecule has 0 saturated carbocycles. The number of sulfonamides is 1. The highest BCUT2D eigenvalue weighted by molar-refractivity contribution is 7.89. The first-order valence-corrected chi connectivity index (χ1v) is 12.0. The van der Waals surface area contributed by atoms with Crippen molar-refractivity contribution in [3.8, 4) is 5.75 Å². The van der Waals surface area contributed by atoms with E-state index in [-0.39, 0.29) is 23.4 Å². The van der Waals surface area contributed by atoms with Gasteiger partial charge in [-0.25, -0.2) is 13.1 Å². The van der Waals surface area contributed by atoms with E-state index in [0.717, 1.165) is 16.6 Å². The topological polar surface area (TPSA) is 128 Å². The molecule has 1 unspecified atom stereocenters. The molecule has 1 amide bonds. The van der Waals surface area contributed by atoms with E-state index in [9.17, 15) is 13.2 Å². The number of amides is 1. The molecule has 2 aromatic heterocycles. The van der Waals surface area contributed by atoms with Crippen molar-refractivity contribution < 1.29 is 17.9 Å². The summed E-state index contributed by atoms with van der Waals surface area (Å²) in [6, 6.07) is 5.88. The third kappa shape index (κ3) is 3.95. The molecular weight excluding hydrogens is 438 g/mol. The minimum absolute atomic E-state index is 0.120. The van der Waals surface area contributed by atoms with Crippen LogP contribution in [0.3, 0.4) is 0 Å². The number of fused-ring (bicyclic) bond motifs is 1. The van der Waals surface area contributed by atoms with E-state index in [1.165, 1.54) is 30.6 Å². The summed E-state index contributed by atoms with van der Waals surface area (Å²) in [5, 5.41) is 9.02. The molecule has 31 heavy (non-hydrogen) atoms. The van der Waals surface area contributed by atoms with Crippen LogP contribution in [-0.4, -0.2) is 55.7 Å². The Hall–Kier alpha value is -2.76. The maximum absolute atomic E-state index is 13.1. The van der Waals surface area contributed by atoms with Gasteiger partial charge in [-0.2, -0.15) is 5.10 Å². The molecule has 1 aromatic carbocycles. The summed E-state index contributed by atoms with van der Waals surface area (Å²) in [6.07, 6.45) is 0.512. The molecule has 9 nitrogen and oxygen atoms in total. The molecule has 1 atom stereocenters. The molecule has 3 N–H and O–H groups in total. The number of hydrogen-bond donors (Lipinski definition) is 2. The van der Waals surface area contributed by atoms with Crippen LogP contribution in [0.5, 0.6) is 5.75 Å². The van der Waals surface area contributed by atoms with Crippen LogP contribution in [0.25, 0.3) is 10.2 Å². The molecular formula is C20H23N5O4S2. The molecule has 1 aliphatic heterocycles. The van der Waals surface area contributed by atoms with Crippen molar-refractivity contribution in [2.45, 2.75) is 31.2 Å². The number of nitrogens with zero attached hydrogens (tertiary/aromatic N) is 3. The van der Waals surface area contributed by atoms with Gasteiger partial charge in [0.05, 0.1) is 23.4 Å². The van der Waals surface area contributed by atoms with Gasteiger partial charge in [0.2, 0.25) is 10.0 Å². The van der Waals surface area contributed by atoms with Crippen LogP contribution in [0, 0.1) is 13.8 Å². The molecule has 0 radical (unpaired) electrons. The maximum atomic E-state index is 13.1. The summed E-state index contributed by atoms with van der Waals surface area (Å²) < 4.78 is 33.3. The monoisotopic (exact) mass is 461 g/mol. The zero-order valence-corrected chi connectivity index (χ0v) is 19.0. The van der Waals surface area contributed by atoms with Gasteiger partial charge >= 0.3 is 0 Å². The number of nitrogen functional groups attached to an aromatic ring is 1. The van der Waals surface area contributed by atoms with Crippen LogP contribution in [0.2, 0.25) is 0 Å². The Kier molecular flexibility index (Phi) is 5.58. The van der Waals surface area contributed by atoms with Crippen LogP contribution >= 0.6 is 11.3 Å². The molecule has 1 saturated heterocycles. The second-order valence-electron chi connectivity index (χ2n) is 7.47. The number of nitrogens with one attached hydrogen (secondary N) is 1. The number of aromatic nitrogens is 2. The summed E-state index contributed by atoms with van der Waals surface area (Å²) in [5.41, 5.74) is 8.37. The summed E-state index contributed by atoms with van der Waals surface area (Å²) in [6.45, 7) is 4.45. The molecule has 4 rings (SSSR count). The number of benzene rings is 1. The molecule has 1 aliphatic rings. The van der Waals surface area contributed by atoms with Crippen molar-refractivity contribution in [1.29, 1.82) is 0 Å². The summed E-state index contributed by atoms with van der Waals surface area (Å²) in [7, 11) is -2.26. The van der Waals surface area contributed by atoms with Crippen molar-refractivity contribution in [2.75, 3.05) is 25.9 Å². The predicted molar refractivity (Wildman–Crippen MR) is 119 cm³/mol. The number of anilines is 1. The highest BCUT2D eigenvalue weighted by Crippen LogP contribution is 2.36. The van der Waals surface area contributed by atoms with Crippen LogP contribution in [0.1, 0.15) is 27.3 Å². The standard InChI is InChI=1S/C20H23N5O4S2/c1-11-12(2)22-23-19-16(11)17(21)18(30-19)20(26)25-8-7-13(10-25)24-31(27,28)15-6-4-5-14(9-15)29-3/h4-6,9,13,24H,7-8,10,21H2,1-3H3. The Bertz CT molecular complexity index is 1270. The molecule has 3 heterocycles. The van der Waals surface area contributed by atoms with E-state index in [4.69, 9.17) is 10.5 Å². The van der Waals surface area contributed by atoms with Crippen LogP contribution in [-0.2, 0) is 10.0 Å². The third-order valence-corrected chi connectivity index (χ3v) is 8.07. The first kappa shape index (κ1) is 21.5. The largest absolute Gasteiger partial charge is 0.497 e. The summed E-state index contributed by atoms with van der Waals surface area (Å²) >= 11 is 1.21. The Labute approximate surface area is 184 Å². The van der Waals surface area contributed by atoms with Crippen molar-refractivity contribution >= 4 is 43.2 Å². The zero-order chi connectivity index (χ0) is 22.3. The quantitative estimate of drug-likeness (QED) is 0.595. The Morgan fingerprint density at radius 1 is 1.32 bits per heavy atom. The molecule has 0 aliphatic carbocycles. The number of hydrogen-bond acceptors (Lipinski definition) is 8. The smallest absolute Gasteiger partial charge is 0.266 e. The predicted octanol–water partition coefficient (Wildman–Crippen LogP) is 2.09. The van der Waals surface area contributed by atoms with Crippen molar-refractivity contribution in [3.63, 3.8) is 0 Å². The van der Waals surface area contributed by atoms with Gasteiger partial charge in [0.25, 0.3) is 5.91 Å². The number of aryl methyl sites for hydroxylation is 2. The third-order valence-electron chi connectivity index (χ3n) is 5.48. The van der Waals surface area contributed by atoms with Crippen molar-refractivity contribution in [1.82, 2.24) is 19.8 Å². The molecule has 164 valence electrons. The molecule has 0 bridgehead atoms. The first-order chi connectivity index (χ1) is 14.7. The Morgan fingerprint density at radius 3 is 2.84 bits per heavy atom.